The van der Waals surface area contributed by atoms with Gasteiger partial charge in [0.05, 0.1) is 10.6 Å². The summed E-state index contributed by atoms with van der Waals surface area (Å²) in [5.41, 5.74) is 0.793. The SMILES string of the molecule is O=C(N[C@H]1CC[C@H](CN2C(=O)C3(CN(c4nccs4)C3)c3ccccc32)CC1)c1cc(Cl)cnc1C(F)F. The first kappa shape index (κ1) is 25.2. The molecule has 1 saturated heterocycles. The van der Waals surface area contributed by atoms with Crippen molar-refractivity contribution >= 4 is 45.6 Å². The Kier molecular flexibility index (Phi) is 6.55. The fourth-order valence-electron chi connectivity index (χ4n) is 6.01. The lowest BCUT2D eigenvalue weighted by molar-refractivity contribution is -0.124. The number of halogens is 3. The van der Waals surface area contributed by atoms with Gasteiger partial charge in [-0.05, 0) is 49.3 Å². The zero-order valence-corrected chi connectivity index (χ0v) is 22.0. The molecule has 3 aliphatic rings. The summed E-state index contributed by atoms with van der Waals surface area (Å²) in [6, 6.07) is 9.16. The number of rotatable bonds is 6. The maximum atomic E-state index is 13.8. The Morgan fingerprint density at radius 1 is 1.18 bits per heavy atom. The zero-order valence-electron chi connectivity index (χ0n) is 20.4. The van der Waals surface area contributed by atoms with Gasteiger partial charge >= 0.3 is 0 Å². The zero-order chi connectivity index (χ0) is 26.4. The molecule has 4 heterocycles. The Labute approximate surface area is 227 Å². The van der Waals surface area contributed by atoms with Crippen molar-refractivity contribution < 1.29 is 18.4 Å². The summed E-state index contributed by atoms with van der Waals surface area (Å²) < 4.78 is 26.7. The van der Waals surface area contributed by atoms with Gasteiger partial charge in [0, 0.05) is 49.1 Å². The molecule has 3 aromatic rings. The minimum absolute atomic E-state index is 0.130. The highest BCUT2D eigenvalue weighted by Crippen LogP contribution is 2.49. The Hall–Kier alpha value is -3.11. The monoisotopic (exact) mass is 557 g/mol. The summed E-state index contributed by atoms with van der Waals surface area (Å²) in [5.74, 6) is -0.149. The topological polar surface area (TPSA) is 78.4 Å². The van der Waals surface area contributed by atoms with Crippen LogP contribution in [0.3, 0.4) is 0 Å². The lowest BCUT2D eigenvalue weighted by Gasteiger charge is -2.47. The van der Waals surface area contributed by atoms with Crippen LogP contribution in [0.15, 0.2) is 48.1 Å². The van der Waals surface area contributed by atoms with E-state index in [1.807, 2.05) is 28.5 Å². The Morgan fingerprint density at radius 2 is 1.95 bits per heavy atom. The van der Waals surface area contributed by atoms with Crippen molar-refractivity contribution in [3.8, 4) is 0 Å². The summed E-state index contributed by atoms with van der Waals surface area (Å²) in [6.07, 6.45) is 3.10. The largest absolute Gasteiger partial charge is 0.349 e. The molecule has 1 N–H and O–H groups in total. The van der Waals surface area contributed by atoms with Crippen LogP contribution < -0.4 is 15.1 Å². The Balaban J connectivity index is 1.09. The summed E-state index contributed by atoms with van der Waals surface area (Å²) in [4.78, 5) is 38.7. The number of fused-ring (bicyclic) bond motifs is 2. The van der Waals surface area contributed by atoms with Crippen molar-refractivity contribution in [2.45, 2.75) is 43.6 Å². The first-order valence-corrected chi connectivity index (χ1v) is 13.9. The third-order valence-electron chi connectivity index (χ3n) is 7.94. The number of thiazole rings is 1. The molecular formula is C27H26ClF2N5O2S. The van der Waals surface area contributed by atoms with E-state index in [1.54, 1.807) is 17.5 Å². The van der Waals surface area contributed by atoms with Gasteiger partial charge in [0.1, 0.15) is 11.1 Å². The van der Waals surface area contributed by atoms with Crippen LogP contribution in [0.25, 0.3) is 0 Å². The summed E-state index contributed by atoms with van der Waals surface area (Å²) in [7, 11) is 0. The lowest BCUT2D eigenvalue weighted by atomic mass is 9.75. The number of pyridine rings is 1. The average molecular weight is 558 g/mol. The van der Waals surface area contributed by atoms with Gasteiger partial charge in [-0.25, -0.2) is 13.8 Å². The molecule has 2 aliphatic heterocycles. The molecule has 2 aromatic heterocycles. The highest BCUT2D eigenvalue weighted by Gasteiger charge is 2.58. The third kappa shape index (κ3) is 4.33. The van der Waals surface area contributed by atoms with Crippen LogP contribution in [0.5, 0.6) is 0 Å². The van der Waals surface area contributed by atoms with Gasteiger partial charge in [-0.3, -0.25) is 14.6 Å². The second-order valence-corrected chi connectivity index (χ2v) is 11.6. The normalized spacial score (nSPS) is 22.1. The second kappa shape index (κ2) is 9.89. The van der Waals surface area contributed by atoms with Crippen LogP contribution in [0, 0.1) is 5.92 Å². The molecule has 1 aromatic carbocycles. The van der Waals surface area contributed by atoms with E-state index in [-0.39, 0.29) is 28.5 Å². The highest BCUT2D eigenvalue weighted by molar-refractivity contribution is 7.13. The van der Waals surface area contributed by atoms with Crippen LogP contribution in [0.2, 0.25) is 5.02 Å². The summed E-state index contributed by atoms with van der Waals surface area (Å²) >= 11 is 7.48. The molecule has 38 heavy (non-hydrogen) atoms. The number of hydrogen-bond acceptors (Lipinski definition) is 6. The molecular weight excluding hydrogens is 532 g/mol. The standard InChI is InChI=1S/C27H26ClF2N5O2S/c28-17-11-19(22(23(29)30)32-12-17)24(36)33-18-7-5-16(6-8-18)13-35-21-4-2-1-3-20(21)27(25(35)37)14-34(15-27)26-31-9-10-38-26/h1-4,9-12,16,18,23H,5-8,13-15H2,(H,33,36)/t16-,18-. The molecule has 1 saturated carbocycles. The molecule has 2 fully saturated rings. The molecule has 0 radical (unpaired) electrons. The lowest BCUT2D eigenvalue weighted by Crippen LogP contribution is -2.64. The first-order chi connectivity index (χ1) is 18.4. The Morgan fingerprint density at radius 3 is 2.66 bits per heavy atom. The van der Waals surface area contributed by atoms with Crippen molar-refractivity contribution in [2.75, 3.05) is 29.4 Å². The number of amides is 2. The van der Waals surface area contributed by atoms with E-state index in [0.717, 1.165) is 35.4 Å². The molecule has 0 bridgehead atoms. The highest BCUT2D eigenvalue weighted by atomic mass is 35.5. The third-order valence-corrected chi connectivity index (χ3v) is 8.97. The van der Waals surface area contributed by atoms with E-state index in [9.17, 15) is 18.4 Å². The summed E-state index contributed by atoms with van der Waals surface area (Å²) in [6.45, 7) is 1.89. The van der Waals surface area contributed by atoms with Crippen molar-refractivity contribution in [2.24, 2.45) is 5.92 Å². The fraction of sp³-hybridized carbons (Fsp3) is 0.407. The van der Waals surface area contributed by atoms with Crippen LogP contribution >= 0.6 is 22.9 Å². The van der Waals surface area contributed by atoms with E-state index in [2.05, 4.69) is 26.3 Å². The smallest absolute Gasteiger partial charge is 0.281 e. The van der Waals surface area contributed by atoms with Crippen LogP contribution in [-0.2, 0) is 10.2 Å². The first-order valence-electron chi connectivity index (χ1n) is 12.7. The summed E-state index contributed by atoms with van der Waals surface area (Å²) in [5, 5.41) is 5.90. The molecule has 0 unspecified atom stereocenters. The van der Waals surface area contributed by atoms with Gasteiger partial charge in [0.15, 0.2) is 5.13 Å². The van der Waals surface area contributed by atoms with Crippen LogP contribution in [-0.4, -0.2) is 47.5 Å². The second-order valence-electron chi connectivity index (χ2n) is 10.3. The van der Waals surface area contributed by atoms with Crippen molar-refractivity contribution in [1.82, 2.24) is 15.3 Å². The maximum Gasteiger partial charge on any atom is 0.281 e. The van der Waals surface area contributed by atoms with Crippen LogP contribution in [0.1, 0.15) is 53.7 Å². The van der Waals surface area contributed by atoms with E-state index in [1.165, 1.54) is 6.07 Å². The molecule has 6 rings (SSSR count). The minimum atomic E-state index is -2.86. The fourth-order valence-corrected chi connectivity index (χ4v) is 6.81. The number of hydrogen-bond donors (Lipinski definition) is 1. The van der Waals surface area contributed by atoms with Crippen molar-refractivity contribution in [3.05, 3.63) is 69.9 Å². The molecule has 7 nitrogen and oxygen atoms in total. The average Bonchev–Trinajstić information content (AvgIpc) is 3.49. The number of carbonyl (C=O) groups is 2. The number of aromatic nitrogens is 2. The quantitative estimate of drug-likeness (QED) is 0.449. The van der Waals surface area contributed by atoms with Gasteiger partial charge in [-0.1, -0.05) is 29.8 Å². The number of benzene rings is 1. The Bertz CT molecular complexity index is 1360. The molecule has 11 heteroatoms. The van der Waals surface area contributed by atoms with Gasteiger partial charge in [-0.2, -0.15) is 0 Å². The predicted molar refractivity (Wildman–Crippen MR) is 142 cm³/mol. The van der Waals surface area contributed by atoms with Gasteiger partial charge < -0.3 is 15.1 Å². The van der Waals surface area contributed by atoms with E-state index < -0.39 is 23.4 Å². The van der Waals surface area contributed by atoms with Gasteiger partial charge in [-0.15, -0.1) is 11.3 Å². The number of nitrogens with one attached hydrogen (secondary N) is 1. The number of para-hydroxylation sites is 1. The van der Waals surface area contributed by atoms with E-state index >= 15 is 0 Å². The van der Waals surface area contributed by atoms with Crippen LogP contribution in [0.4, 0.5) is 19.6 Å². The van der Waals surface area contributed by atoms with Crippen molar-refractivity contribution in [3.63, 3.8) is 0 Å². The van der Waals surface area contributed by atoms with E-state index in [0.29, 0.717) is 32.5 Å². The van der Waals surface area contributed by atoms with Gasteiger partial charge in [0.25, 0.3) is 12.3 Å². The van der Waals surface area contributed by atoms with Crippen molar-refractivity contribution in [1.29, 1.82) is 0 Å². The van der Waals surface area contributed by atoms with Gasteiger partial charge in [0.2, 0.25) is 5.91 Å². The molecule has 1 aliphatic carbocycles. The number of anilines is 2. The molecule has 198 valence electrons. The molecule has 1 spiro atoms. The number of carbonyl (C=O) groups excluding carboxylic acids is 2. The predicted octanol–water partition coefficient (Wildman–Crippen LogP) is 5.22. The number of nitrogens with zero attached hydrogens (tertiary/aromatic N) is 4. The van der Waals surface area contributed by atoms with E-state index in [4.69, 9.17) is 11.6 Å². The number of alkyl halides is 2. The molecule has 2 amide bonds. The minimum Gasteiger partial charge on any atom is -0.349 e. The maximum absolute atomic E-state index is 13.8. The molecule has 0 atom stereocenters.